The first-order chi connectivity index (χ1) is 7.99. The van der Waals surface area contributed by atoms with Crippen LogP contribution in [-0.2, 0) is 0 Å². The van der Waals surface area contributed by atoms with Gasteiger partial charge in [0.2, 0.25) is 0 Å². The Bertz CT molecular complexity index is 333. The van der Waals surface area contributed by atoms with E-state index in [-0.39, 0.29) is 6.04 Å². The van der Waals surface area contributed by atoms with Gasteiger partial charge in [0.15, 0.2) is 0 Å². The molecule has 0 bridgehead atoms. The van der Waals surface area contributed by atoms with Crippen LogP contribution in [0.5, 0.6) is 0 Å². The Morgan fingerprint density at radius 3 is 2.29 bits per heavy atom. The summed E-state index contributed by atoms with van der Waals surface area (Å²) in [6, 6.07) is 3.59. The summed E-state index contributed by atoms with van der Waals surface area (Å²) in [7, 11) is 4.04. The summed E-state index contributed by atoms with van der Waals surface area (Å²) in [6.07, 6.45) is 1.01. The predicted octanol–water partition coefficient (Wildman–Crippen LogP) is 2.57. The molecule has 96 valence electrons. The maximum atomic E-state index is 13.0. The molecule has 0 aliphatic heterocycles. The van der Waals surface area contributed by atoms with E-state index in [1.54, 1.807) is 0 Å². The van der Waals surface area contributed by atoms with Crippen molar-refractivity contribution in [3.63, 3.8) is 0 Å². The molecule has 1 N–H and O–H groups in total. The quantitative estimate of drug-likeness (QED) is 0.771. The Kier molecular flexibility index (Phi) is 5.51. The van der Waals surface area contributed by atoms with Gasteiger partial charge in [0, 0.05) is 12.1 Å². The van der Waals surface area contributed by atoms with Gasteiger partial charge in [0.1, 0.15) is 11.6 Å². The first kappa shape index (κ1) is 14.1. The second-order valence-corrected chi connectivity index (χ2v) is 4.54. The van der Waals surface area contributed by atoms with E-state index in [1.807, 2.05) is 21.0 Å². The van der Waals surface area contributed by atoms with Crippen molar-refractivity contribution in [2.24, 2.45) is 0 Å². The second-order valence-electron chi connectivity index (χ2n) is 4.54. The molecule has 0 aliphatic carbocycles. The van der Waals surface area contributed by atoms with Crippen LogP contribution in [0, 0.1) is 11.6 Å². The molecule has 0 aromatic heterocycles. The lowest BCUT2D eigenvalue weighted by Crippen LogP contribution is -2.24. The van der Waals surface area contributed by atoms with E-state index in [2.05, 4.69) is 10.2 Å². The number of nitrogens with one attached hydrogen (secondary N) is 1. The highest BCUT2D eigenvalue weighted by molar-refractivity contribution is 5.20. The molecule has 0 saturated carbocycles. The zero-order valence-electron chi connectivity index (χ0n) is 10.6. The molecule has 0 amide bonds. The molecule has 0 saturated heterocycles. The van der Waals surface area contributed by atoms with Gasteiger partial charge < -0.3 is 10.2 Å². The number of halogens is 2. The van der Waals surface area contributed by atoms with Gasteiger partial charge in [-0.1, -0.05) is 0 Å². The predicted molar refractivity (Wildman–Crippen MR) is 65.9 cm³/mol. The molecule has 4 heteroatoms. The Balaban J connectivity index is 2.43. The van der Waals surface area contributed by atoms with E-state index >= 15 is 0 Å². The minimum Gasteiger partial charge on any atom is -0.310 e. The molecule has 1 aromatic rings. The summed E-state index contributed by atoms with van der Waals surface area (Å²) >= 11 is 0. The van der Waals surface area contributed by atoms with Crippen LogP contribution in [0.3, 0.4) is 0 Å². The lowest BCUT2D eigenvalue weighted by atomic mass is 10.1. The Hall–Kier alpha value is -1.00. The van der Waals surface area contributed by atoms with E-state index in [0.717, 1.165) is 25.6 Å². The van der Waals surface area contributed by atoms with Crippen LogP contribution in [0.4, 0.5) is 8.78 Å². The van der Waals surface area contributed by atoms with Crippen molar-refractivity contribution in [1.82, 2.24) is 10.2 Å². The fourth-order valence-electron chi connectivity index (χ4n) is 1.66. The second kappa shape index (κ2) is 6.67. The molecule has 0 aliphatic rings. The zero-order valence-corrected chi connectivity index (χ0v) is 10.6. The van der Waals surface area contributed by atoms with Crippen LogP contribution in [0.25, 0.3) is 0 Å². The number of nitrogens with zero attached hydrogens (tertiary/aromatic N) is 1. The minimum atomic E-state index is -0.526. The molecule has 1 atom stereocenters. The summed E-state index contributed by atoms with van der Waals surface area (Å²) < 4.78 is 26.0. The van der Waals surface area contributed by atoms with Gasteiger partial charge in [-0.3, -0.25) is 0 Å². The monoisotopic (exact) mass is 242 g/mol. The molecule has 17 heavy (non-hydrogen) atoms. The smallest absolute Gasteiger partial charge is 0.126 e. The SMILES string of the molecule is CC(NCCCN(C)C)c1cc(F)cc(F)c1. The van der Waals surface area contributed by atoms with E-state index < -0.39 is 11.6 Å². The average Bonchev–Trinajstić information content (AvgIpc) is 2.22. The number of hydrogen-bond acceptors (Lipinski definition) is 2. The molecule has 0 fully saturated rings. The third-order valence-corrected chi connectivity index (χ3v) is 2.62. The Morgan fingerprint density at radius 1 is 1.18 bits per heavy atom. The molecule has 0 radical (unpaired) electrons. The van der Waals surface area contributed by atoms with E-state index in [9.17, 15) is 8.78 Å². The number of rotatable bonds is 6. The van der Waals surface area contributed by atoms with E-state index in [0.29, 0.717) is 5.56 Å². The lowest BCUT2D eigenvalue weighted by molar-refractivity contribution is 0.389. The summed E-state index contributed by atoms with van der Waals surface area (Å²) in [4.78, 5) is 2.11. The standard InChI is InChI=1S/C13H20F2N2/c1-10(16-5-4-6-17(2)3)11-7-12(14)9-13(15)8-11/h7-10,16H,4-6H2,1-3H3. The molecular formula is C13H20F2N2. The van der Waals surface area contributed by atoms with Crippen LogP contribution in [-0.4, -0.2) is 32.1 Å². The van der Waals surface area contributed by atoms with Crippen molar-refractivity contribution < 1.29 is 8.78 Å². The summed E-state index contributed by atoms with van der Waals surface area (Å²) in [5.74, 6) is -1.05. The van der Waals surface area contributed by atoms with Crippen LogP contribution in [0.2, 0.25) is 0 Å². The van der Waals surface area contributed by atoms with Gasteiger partial charge in [-0.2, -0.15) is 0 Å². The maximum Gasteiger partial charge on any atom is 0.126 e. The van der Waals surface area contributed by atoms with Crippen molar-refractivity contribution in [3.8, 4) is 0 Å². The highest BCUT2D eigenvalue weighted by Crippen LogP contribution is 2.15. The molecule has 0 heterocycles. The molecule has 2 nitrogen and oxygen atoms in total. The minimum absolute atomic E-state index is 0.0395. The molecule has 1 rings (SSSR count). The van der Waals surface area contributed by atoms with Crippen molar-refractivity contribution >= 4 is 0 Å². The van der Waals surface area contributed by atoms with Gasteiger partial charge >= 0.3 is 0 Å². The summed E-state index contributed by atoms with van der Waals surface area (Å²) in [6.45, 7) is 3.73. The van der Waals surface area contributed by atoms with Crippen molar-refractivity contribution in [3.05, 3.63) is 35.4 Å². The van der Waals surface area contributed by atoms with Gasteiger partial charge in [-0.25, -0.2) is 8.78 Å². The highest BCUT2D eigenvalue weighted by Gasteiger charge is 2.07. The van der Waals surface area contributed by atoms with Crippen molar-refractivity contribution in [2.45, 2.75) is 19.4 Å². The largest absolute Gasteiger partial charge is 0.310 e. The van der Waals surface area contributed by atoms with Gasteiger partial charge in [0.05, 0.1) is 0 Å². The van der Waals surface area contributed by atoms with Crippen LogP contribution in [0.15, 0.2) is 18.2 Å². The van der Waals surface area contributed by atoms with Crippen LogP contribution >= 0.6 is 0 Å². The first-order valence-corrected chi connectivity index (χ1v) is 5.83. The summed E-state index contributed by atoms with van der Waals surface area (Å²) in [5, 5.41) is 3.25. The normalized spacial score (nSPS) is 13.1. The number of hydrogen-bond donors (Lipinski definition) is 1. The fraction of sp³-hybridized carbons (Fsp3) is 0.538. The topological polar surface area (TPSA) is 15.3 Å². The van der Waals surface area contributed by atoms with E-state index in [1.165, 1.54) is 12.1 Å². The molecular weight excluding hydrogens is 222 g/mol. The maximum absolute atomic E-state index is 13.0. The Labute approximate surface area is 102 Å². The molecule has 0 spiro atoms. The van der Waals surface area contributed by atoms with Crippen LogP contribution in [0.1, 0.15) is 24.9 Å². The first-order valence-electron chi connectivity index (χ1n) is 5.83. The highest BCUT2D eigenvalue weighted by atomic mass is 19.1. The van der Waals surface area contributed by atoms with E-state index in [4.69, 9.17) is 0 Å². The van der Waals surface area contributed by atoms with Gasteiger partial charge in [0.25, 0.3) is 0 Å². The van der Waals surface area contributed by atoms with Crippen LogP contribution < -0.4 is 5.32 Å². The average molecular weight is 242 g/mol. The number of benzene rings is 1. The summed E-state index contributed by atoms with van der Waals surface area (Å²) in [5.41, 5.74) is 0.646. The van der Waals surface area contributed by atoms with Crippen molar-refractivity contribution in [2.75, 3.05) is 27.2 Å². The fourth-order valence-corrected chi connectivity index (χ4v) is 1.66. The van der Waals surface area contributed by atoms with Gasteiger partial charge in [-0.05, 0) is 58.2 Å². The van der Waals surface area contributed by atoms with Gasteiger partial charge in [-0.15, -0.1) is 0 Å². The Morgan fingerprint density at radius 2 is 1.76 bits per heavy atom. The molecule has 1 aromatic carbocycles. The lowest BCUT2D eigenvalue weighted by Gasteiger charge is -2.15. The van der Waals surface area contributed by atoms with Crippen molar-refractivity contribution in [1.29, 1.82) is 0 Å². The zero-order chi connectivity index (χ0) is 12.8. The third kappa shape index (κ3) is 5.24. The molecule has 1 unspecified atom stereocenters. The third-order valence-electron chi connectivity index (χ3n) is 2.62.